The number of methoxy groups -OCH3 is 3. The Morgan fingerprint density at radius 1 is 0.800 bits per heavy atom. The number of aryl methyl sites for hydroxylation is 1. The molecule has 0 atom stereocenters. The van der Waals surface area contributed by atoms with Gasteiger partial charge in [-0.15, -0.1) is 0 Å². The van der Waals surface area contributed by atoms with Crippen LogP contribution in [0.1, 0.15) is 27.0 Å². The molecule has 1 N–H and O–H groups in total. The van der Waals surface area contributed by atoms with Crippen molar-refractivity contribution >= 4 is 11.9 Å². The molecule has 35 heavy (non-hydrogen) atoms. The first-order valence-corrected chi connectivity index (χ1v) is 10.9. The summed E-state index contributed by atoms with van der Waals surface area (Å²) in [6.45, 7) is 2.08. The second-order valence-electron chi connectivity index (χ2n) is 7.86. The van der Waals surface area contributed by atoms with Crippen molar-refractivity contribution < 1.29 is 33.6 Å². The van der Waals surface area contributed by atoms with Gasteiger partial charge in [-0.05, 0) is 47.9 Å². The number of hydrogen-bond donors (Lipinski definition) is 1. The van der Waals surface area contributed by atoms with E-state index in [4.69, 9.17) is 18.9 Å². The van der Waals surface area contributed by atoms with E-state index in [2.05, 4.69) is 0 Å². The van der Waals surface area contributed by atoms with Crippen molar-refractivity contribution in [3.8, 4) is 23.0 Å². The molecule has 3 aromatic carbocycles. The maximum Gasteiger partial charge on any atom is 0.339 e. The molecule has 0 saturated heterocycles. The summed E-state index contributed by atoms with van der Waals surface area (Å²) in [4.78, 5) is 26.5. The molecule has 0 radical (unpaired) electrons. The Labute approximate surface area is 204 Å². The Balaban J connectivity index is 1.87. The predicted octanol–water partition coefficient (Wildman–Crippen LogP) is 4.33. The molecule has 1 amide bonds. The molecule has 0 aliphatic heterocycles. The quantitative estimate of drug-likeness (QED) is 0.438. The minimum absolute atomic E-state index is 0.00244. The fourth-order valence-corrected chi connectivity index (χ4v) is 3.64. The van der Waals surface area contributed by atoms with E-state index in [1.165, 1.54) is 27.4 Å². The Hall–Kier alpha value is -4.20. The summed E-state index contributed by atoms with van der Waals surface area (Å²) < 4.78 is 22.0. The highest BCUT2D eigenvalue weighted by molar-refractivity contribution is 5.91. The SMILES string of the molecule is COc1cc(CN(Cc2ccccc2)C(=O)COc2cc(C)ccc2C(=O)O)cc(OC)c1OC. The van der Waals surface area contributed by atoms with Crippen molar-refractivity contribution in [2.75, 3.05) is 27.9 Å². The topological polar surface area (TPSA) is 94.5 Å². The number of aromatic carboxylic acids is 1. The fraction of sp³-hybridized carbons (Fsp3) is 0.259. The summed E-state index contributed by atoms with van der Waals surface area (Å²) in [5.41, 5.74) is 2.54. The normalized spacial score (nSPS) is 10.4. The maximum absolute atomic E-state index is 13.3. The standard InChI is InChI=1S/C27H29NO7/c1-18-10-11-21(27(30)31)22(12-18)35-17-25(29)28(15-19-8-6-5-7-9-19)16-20-13-23(32-2)26(34-4)24(14-20)33-3/h5-14H,15-17H2,1-4H3,(H,30,31). The van der Waals surface area contributed by atoms with Gasteiger partial charge in [-0.3, -0.25) is 4.79 Å². The van der Waals surface area contributed by atoms with Crippen LogP contribution < -0.4 is 18.9 Å². The van der Waals surface area contributed by atoms with E-state index < -0.39 is 5.97 Å². The fourth-order valence-electron chi connectivity index (χ4n) is 3.64. The number of hydrogen-bond acceptors (Lipinski definition) is 6. The van der Waals surface area contributed by atoms with E-state index in [0.717, 1.165) is 16.7 Å². The zero-order chi connectivity index (χ0) is 25.4. The Morgan fingerprint density at radius 3 is 2.00 bits per heavy atom. The van der Waals surface area contributed by atoms with Gasteiger partial charge in [0, 0.05) is 13.1 Å². The summed E-state index contributed by atoms with van der Waals surface area (Å²) in [5.74, 6) is 0.153. The van der Waals surface area contributed by atoms with Gasteiger partial charge >= 0.3 is 5.97 Å². The molecule has 0 bridgehead atoms. The number of carbonyl (C=O) groups excluding carboxylic acids is 1. The lowest BCUT2D eigenvalue weighted by Crippen LogP contribution is -2.34. The van der Waals surface area contributed by atoms with Crippen LogP contribution in [0.4, 0.5) is 0 Å². The number of nitrogens with zero attached hydrogens (tertiary/aromatic N) is 1. The van der Waals surface area contributed by atoms with Gasteiger partial charge in [0.15, 0.2) is 18.1 Å². The van der Waals surface area contributed by atoms with Crippen LogP contribution >= 0.6 is 0 Å². The van der Waals surface area contributed by atoms with Crippen molar-refractivity contribution in [2.45, 2.75) is 20.0 Å². The van der Waals surface area contributed by atoms with E-state index >= 15 is 0 Å². The zero-order valence-corrected chi connectivity index (χ0v) is 20.2. The number of rotatable bonds is 11. The minimum atomic E-state index is -1.12. The number of ether oxygens (including phenoxy) is 4. The van der Waals surface area contributed by atoms with Crippen LogP contribution in [-0.2, 0) is 17.9 Å². The van der Waals surface area contributed by atoms with Crippen molar-refractivity contribution in [2.24, 2.45) is 0 Å². The monoisotopic (exact) mass is 479 g/mol. The third-order valence-corrected chi connectivity index (χ3v) is 5.39. The molecule has 0 saturated carbocycles. The average Bonchev–Trinajstić information content (AvgIpc) is 2.86. The van der Waals surface area contributed by atoms with E-state index in [1.54, 1.807) is 29.2 Å². The lowest BCUT2D eigenvalue weighted by Gasteiger charge is -2.24. The van der Waals surface area contributed by atoms with Gasteiger partial charge in [-0.2, -0.15) is 0 Å². The summed E-state index contributed by atoms with van der Waals surface area (Å²) in [5, 5.41) is 9.45. The van der Waals surface area contributed by atoms with Gasteiger partial charge in [-0.1, -0.05) is 36.4 Å². The number of carbonyl (C=O) groups is 2. The van der Waals surface area contributed by atoms with Crippen LogP contribution in [0.15, 0.2) is 60.7 Å². The second kappa shape index (κ2) is 11.8. The van der Waals surface area contributed by atoms with Gasteiger partial charge in [0.05, 0.1) is 21.3 Å². The van der Waals surface area contributed by atoms with E-state index in [9.17, 15) is 14.7 Å². The van der Waals surface area contributed by atoms with Gasteiger partial charge in [-0.25, -0.2) is 4.79 Å². The van der Waals surface area contributed by atoms with Crippen LogP contribution in [0.2, 0.25) is 0 Å². The van der Waals surface area contributed by atoms with Gasteiger partial charge < -0.3 is 29.0 Å². The van der Waals surface area contributed by atoms with Crippen LogP contribution in [0.5, 0.6) is 23.0 Å². The van der Waals surface area contributed by atoms with E-state index in [0.29, 0.717) is 23.8 Å². The smallest absolute Gasteiger partial charge is 0.339 e. The molecule has 0 aliphatic carbocycles. The average molecular weight is 480 g/mol. The largest absolute Gasteiger partial charge is 0.493 e. The Kier molecular flexibility index (Phi) is 8.56. The highest BCUT2D eigenvalue weighted by atomic mass is 16.5. The van der Waals surface area contributed by atoms with Crippen LogP contribution in [0.3, 0.4) is 0 Å². The molecule has 0 fully saturated rings. The summed E-state index contributed by atoms with van der Waals surface area (Å²) in [6.07, 6.45) is 0. The third-order valence-electron chi connectivity index (χ3n) is 5.39. The maximum atomic E-state index is 13.3. The van der Waals surface area contributed by atoms with E-state index in [-0.39, 0.29) is 30.4 Å². The van der Waals surface area contributed by atoms with Gasteiger partial charge in [0.25, 0.3) is 5.91 Å². The molecule has 3 aromatic rings. The van der Waals surface area contributed by atoms with E-state index in [1.807, 2.05) is 37.3 Å². The van der Waals surface area contributed by atoms with Gasteiger partial charge in [0.2, 0.25) is 5.75 Å². The molecule has 8 heteroatoms. The molecular weight excluding hydrogens is 450 g/mol. The van der Waals surface area contributed by atoms with Crippen molar-refractivity contribution in [1.82, 2.24) is 4.90 Å². The minimum Gasteiger partial charge on any atom is -0.493 e. The summed E-state index contributed by atoms with van der Waals surface area (Å²) in [6, 6.07) is 17.9. The molecular formula is C27H29NO7. The number of carboxylic acids is 1. The van der Waals surface area contributed by atoms with Crippen LogP contribution in [0, 0.1) is 6.92 Å². The van der Waals surface area contributed by atoms with Crippen molar-refractivity contribution in [1.29, 1.82) is 0 Å². The molecule has 0 aliphatic rings. The molecule has 3 rings (SSSR count). The Morgan fingerprint density at radius 2 is 1.43 bits per heavy atom. The first-order chi connectivity index (χ1) is 16.9. The zero-order valence-electron chi connectivity index (χ0n) is 20.2. The lowest BCUT2D eigenvalue weighted by atomic mass is 10.1. The number of carboxylic acid groups (broad SMARTS) is 1. The molecule has 8 nitrogen and oxygen atoms in total. The van der Waals surface area contributed by atoms with Crippen molar-refractivity contribution in [3.05, 3.63) is 82.9 Å². The van der Waals surface area contributed by atoms with Crippen molar-refractivity contribution in [3.63, 3.8) is 0 Å². The molecule has 0 aromatic heterocycles. The first kappa shape index (κ1) is 25.4. The highest BCUT2D eigenvalue weighted by Crippen LogP contribution is 2.38. The summed E-state index contributed by atoms with van der Waals surface area (Å²) in [7, 11) is 4.59. The number of amides is 1. The predicted molar refractivity (Wildman–Crippen MR) is 130 cm³/mol. The van der Waals surface area contributed by atoms with Crippen LogP contribution in [-0.4, -0.2) is 49.8 Å². The van der Waals surface area contributed by atoms with Crippen LogP contribution in [0.25, 0.3) is 0 Å². The number of benzene rings is 3. The lowest BCUT2D eigenvalue weighted by molar-refractivity contribution is -0.134. The first-order valence-electron chi connectivity index (χ1n) is 10.9. The Bertz CT molecular complexity index is 1150. The highest BCUT2D eigenvalue weighted by Gasteiger charge is 2.20. The molecule has 184 valence electrons. The molecule has 0 heterocycles. The summed E-state index contributed by atoms with van der Waals surface area (Å²) >= 11 is 0. The molecule has 0 unspecified atom stereocenters. The second-order valence-corrected chi connectivity index (χ2v) is 7.86. The molecule has 0 spiro atoms. The van der Waals surface area contributed by atoms with Gasteiger partial charge in [0.1, 0.15) is 11.3 Å². The third kappa shape index (κ3) is 6.44.